The number of benzene rings is 2. The molecule has 1 aliphatic heterocycles. The second-order valence-corrected chi connectivity index (χ2v) is 9.88. The highest BCUT2D eigenvalue weighted by atomic mass is 35.5. The zero-order chi connectivity index (χ0) is 26.2. The lowest BCUT2D eigenvalue weighted by Crippen LogP contribution is -2.45. The number of piperidine rings is 1. The van der Waals surface area contributed by atoms with Gasteiger partial charge in [0.1, 0.15) is 5.82 Å². The Hall–Kier alpha value is -3.14. The molecule has 0 aliphatic carbocycles. The lowest BCUT2D eigenvalue weighted by molar-refractivity contribution is -0.132. The molecule has 9 nitrogen and oxygen atoms in total. The number of likely N-dealkylation sites (tertiary alicyclic amines) is 1. The van der Waals surface area contributed by atoms with Gasteiger partial charge in [0.05, 0.1) is 11.0 Å². The van der Waals surface area contributed by atoms with Gasteiger partial charge in [0.25, 0.3) is 0 Å². The Morgan fingerprint density at radius 1 is 1.24 bits per heavy atom. The molecule has 1 saturated heterocycles. The van der Waals surface area contributed by atoms with E-state index in [1.165, 1.54) is 0 Å². The van der Waals surface area contributed by atoms with Gasteiger partial charge in [-0.15, -0.1) is 0 Å². The van der Waals surface area contributed by atoms with E-state index in [9.17, 15) is 9.59 Å². The van der Waals surface area contributed by atoms with Crippen molar-refractivity contribution >= 4 is 40.3 Å². The summed E-state index contributed by atoms with van der Waals surface area (Å²) in [6.45, 7) is 3.01. The van der Waals surface area contributed by atoms with Crippen LogP contribution in [0.2, 0.25) is 5.02 Å². The molecule has 0 saturated carbocycles. The number of nitrogens with two attached hydrogens (primary N) is 1. The van der Waals surface area contributed by atoms with Crippen LogP contribution < -0.4 is 16.4 Å². The molecule has 0 spiro atoms. The molecule has 3 aromatic rings. The fraction of sp³-hybridized carbons (Fsp3) is 0.444. The molecular weight excluding hydrogens is 492 g/mol. The van der Waals surface area contributed by atoms with Crippen LogP contribution in [0.5, 0.6) is 0 Å². The van der Waals surface area contributed by atoms with Gasteiger partial charge in [-0.2, -0.15) is 0 Å². The van der Waals surface area contributed by atoms with E-state index in [1.54, 1.807) is 31.4 Å². The van der Waals surface area contributed by atoms with Gasteiger partial charge in [-0.25, -0.2) is 9.78 Å². The van der Waals surface area contributed by atoms with Gasteiger partial charge in [0.15, 0.2) is 0 Å². The van der Waals surface area contributed by atoms with Crippen molar-refractivity contribution < 1.29 is 14.3 Å². The Bertz CT molecular complexity index is 1220. The van der Waals surface area contributed by atoms with Gasteiger partial charge in [0.2, 0.25) is 5.91 Å². The van der Waals surface area contributed by atoms with E-state index in [4.69, 9.17) is 27.1 Å². The maximum atomic E-state index is 13.1. The molecule has 4 N–H and O–H groups in total. The molecule has 2 atom stereocenters. The van der Waals surface area contributed by atoms with Gasteiger partial charge in [0, 0.05) is 69.0 Å². The van der Waals surface area contributed by atoms with Gasteiger partial charge >= 0.3 is 6.03 Å². The van der Waals surface area contributed by atoms with Crippen LogP contribution in [0.4, 0.5) is 10.5 Å². The highest BCUT2D eigenvalue weighted by Crippen LogP contribution is 2.30. The number of methoxy groups -OCH3 is 1. The lowest BCUT2D eigenvalue weighted by Gasteiger charge is -2.33. The normalized spacial score (nSPS) is 16.5. The van der Waals surface area contributed by atoms with Crippen molar-refractivity contribution in [2.24, 2.45) is 5.73 Å². The molecule has 2 heterocycles. The first-order chi connectivity index (χ1) is 17.9. The van der Waals surface area contributed by atoms with Gasteiger partial charge < -0.3 is 30.6 Å². The molecule has 2 unspecified atom stereocenters. The number of halogens is 1. The highest BCUT2D eigenvalue weighted by Gasteiger charge is 2.29. The first-order valence-corrected chi connectivity index (χ1v) is 13.1. The van der Waals surface area contributed by atoms with Gasteiger partial charge in [-0.3, -0.25) is 4.79 Å². The van der Waals surface area contributed by atoms with Crippen LogP contribution in [0.15, 0.2) is 48.5 Å². The molecule has 37 heavy (non-hydrogen) atoms. The van der Waals surface area contributed by atoms with E-state index < -0.39 is 12.1 Å². The van der Waals surface area contributed by atoms with Crippen LogP contribution >= 0.6 is 11.6 Å². The van der Waals surface area contributed by atoms with Crippen LogP contribution in [0.3, 0.4) is 0 Å². The van der Waals surface area contributed by atoms with Gasteiger partial charge in [-0.1, -0.05) is 29.8 Å². The van der Waals surface area contributed by atoms with Crippen LogP contribution in [0.1, 0.15) is 37.4 Å². The number of ether oxygens (including phenoxy) is 1. The van der Waals surface area contributed by atoms with Crippen LogP contribution in [-0.4, -0.2) is 65.8 Å². The van der Waals surface area contributed by atoms with E-state index >= 15 is 0 Å². The molecule has 10 heteroatoms. The monoisotopic (exact) mass is 526 g/mol. The zero-order valence-electron chi connectivity index (χ0n) is 21.2. The number of nitrogens with one attached hydrogen (secondary N) is 2. The fourth-order valence-corrected chi connectivity index (χ4v) is 5.00. The Balaban J connectivity index is 1.33. The summed E-state index contributed by atoms with van der Waals surface area (Å²) in [5, 5.41) is 5.97. The molecule has 3 amide bonds. The minimum absolute atomic E-state index is 0.00343. The number of carbonyl (C=O) groups is 2. The van der Waals surface area contributed by atoms with Crippen molar-refractivity contribution in [2.45, 2.75) is 44.2 Å². The largest absolute Gasteiger partial charge is 0.385 e. The molecule has 2 aromatic carbocycles. The maximum Gasteiger partial charge on any atom is 0.319 e. The quantitative estimate of drug-likeness (QED) is 0.346. The summed E-state index contributed by atoms with van der Waals surface area (Å²) in [6, 6.07) is 14.2. The number of imidazole rings is 1. The lowest BCUT2D eigenvalue weighted by atomic mass is 9.96. The average molecular weight is 527 g/mol. The minimum atomic E-state index is -0.489. The number of carbonyl (C=O) groups excluding carboxylic acids is 2. The molecule has 0 bridgehead atoms. The minimum Gasteiger partial charge on any atom is -0.385 e. The number of fused-ring (bicyclic) bond motifs is 1. The van der Waals surface area contributed by atoms with E-state index in [-0.39, 0.29) is 24.8 Å². The number of urea groups is 1. The third-order valence-electron chi connectivity index (χ3n) is 6.60. The number of hydrogen-bond donors (Lipinski definition) is 3. The molecule has 1 aromatic heterocycles. The summed E-state index contributed by atoms with van der Waals surface area (Å²) in [6.07, 6.45) is 2.95. The predicted molar refractivity (Wildman–Crippen MR) is 146 cm³/mol. The Labute approximate surface area is 222 Å². The van der Waals surface area contributed by atoms with E-state index in [2.05, 4.69) is 21.3 Å². The summed E-state index contributed by atoms with van der Waals surface area (Å²) in [7, 11) is 1.71. The molecular formula is C27H35ClN6O3. The second kappa shape index (κ2) is 12.9. The van der Waals surface area contributed by atoms with Gasteiger partial charge in [-0.05, 0) is 49.6 Å². The van der Waals surface area contributed by atoms with E-state index in [0.717, 1.165) is 42.7 Å². The first-order valence-electron chi connectivity index (χ1n) is 12.7. The molecule has 4 rings (SSSR count). The third-order valence-corrected chi connectivity index (χ3v) is 6.83. The van der Waals surface area contributed by atoms with Crippen molar-refractivity contribution in [3.63, 3.8) is 0 Å². The Morgan fingerprint density at radius 3 is 2.89 bits per heavy atom. The SMILES string of the molecule is COCCCn1c(C2CCCN(C(=O)CC(N)CNC(=O)Nc3cccc(Cl)c3)C2)nc2ccccc21. The highest BCUT2D eigenvalue weighted by molar-refractivity contribution is 6.30. The van der Waals surface area contributed by atoms with E-state index in [1.807, 2.05) is 23.1 Å². The number of rotatable bonds is 10. The van der Waals surface area contributed by atoms with Crippen molar-refractivity contribution in [1.82, 2.24) is 19.8 Å². The summed E-state index contributed by atoms with van der Waals surface area (Å²) >= 11 is 5.95. The molecule has 1 aliphatic rings. The Kier molecular flexibility index (Phi) is 9.38. The molecule has 0 radical (unpaired) electrons. The van der Waals surface area contributed by atoms with Crippen molar-refractivity contribution in [3.8, 4) is 0 Å². The van der Waals surface area contributed by atoms with Crippen molar-refractivity contribution in [2.75, 3.05) is 38.7 Å². The fourth-order valence-electron chi connectivity index (χ4n) is 4.81. The van der Waals surface area contributed by atoms with Crippen molar-refractivity contribution in [1.29, 1.82) is 0 Å². The van der Waals surface area contributed by atoms with Crippen LogP contribution in [0.25, 0.3) is 11.0 Å². The van der Waals surface area contributed by atoms with Crippen LogP contribution in [0, 0.1) is 0 Å². The number of hydrogen-bond acceptors (Lipinski definition) is 5. The zero-order valence-corrected chi connectivity index (χ0v) is 21.9. The summed E-state index contributed by atoms with van der Waals surface area (Å²) < 4.78 is 7.54. The van der Waals surface area contributed by atoms with Crippen LogP contribution in [-0.2, 0) is 16.1 Å². The summed E-state index contributed by atoms with van der Waals surface area (Å²) in [4.78, 5) is 32.1. The molecule has 1 fully saturated rings. The standard InChI is InChI=1S/C27H35ClN6O3/c1-37-14-6-13-34-24-11-3-2-10-23(24)32-26(34)19-7-5-12-33(18-19)25(35)16-21(29)17-30-27(36)31-22-9-4-8-20(28)15-22/h2-4,8-11,15,19,21H,5-7,12-14,16-18,29H2,1H3,(H2,30,31,36). The predicted octanol–water partition coefficient (Wildman–Crippen LogP) is 3.97. The third kappa shape index (κ3) is 7.21. The molecule has 198 valence electrons. The number of aromatic nitrogens is 2. The Morgan fingerprint density at radius 2 is 2.08 bits per heavy atom. The number of anilines is 1. The summed E-state index contributed by atoms with van der Waals surface area (Å²) in [5.41, 5.74) is 8.87. The second-order valence-electron chi connectivity index (χ2n) is 9.45. The van der Waals surface area contributed by atoms with E-state index in [0.29, 0.717) is 30.4 Å². The van der Waals surface area contributed by atoms with Crippen molar-refractivity contribution in [3.05, 3.63) is 59.4 Å². The number of aryl methyl sites for hydroxylation is 1. The topological polar surface area (TPSA) is 115 Å². The first kappa shape index (κ1) is 26.9. The average Bonchev–Trinajstić information content (AvgIpc) is 3.26. The number of amides is 3. The number of nitrogens with zero attached hydrogens (tertiary/aromatic N) is 3. The summed E-state index contributed by atoms with van der Waals surface area (Å²) in [5.74, 6) is 1.18. The number of para-hydroxylation sites is 2. The smallest absolute Gasteiger partial charge is 0.319 e. The maximum absolute atomic E-state index is 13.1.